The lowest BCUT2D eigenvalue weighted by Gasteiger charge is -2.26. The Morgan fingerprint density at radius 2 is 1.95 bits per heavy atom. The highest BCUT2D eigenvalue weighted by atomic mass is 19.3. The number of benzene rings is 1. The molecule has 0 aliphatic rings. The smallest absolute Gasteiger partial charge is 0.309 e. The summed E-state index contributed by atoms with van der Waals surface area (Å²) in [4.78, 5) is 10.9. The van der Waals surface area contributed by atoms with Crippen LogP contribution in [0.25, 0.3) is 0 Å². The predicted octanol–water partition coefficient (Wildman–Crippen LogP) is 3.43. The lowest BCUT2D eigenvalue weighted by atomic mass is 9.84. The van der Waals surface area contributed by atoms with Crippen molar-refractivity contribution in [3.05, 3.63) is 29.6 Å². The number of hydrogen-bond acceptors (Lipinski definition) is 2. The molecule has 0 amide bonds. The van der Waals surface area contributed by atoms with Crippen molar-refractivity contribution in [1.29, 1.82) is 0 Å². The van der Waals surface area contributed by atoms with Crippen LogP contribution in [0, 0.1) is 11.2 Å². The highest BCUT2D eigenvalue weighted by Gasteiger charge is 2.43. The fourth-order valence-corrected chi connectivity index (χ4v) is 1.65. The molecule has 0 aliphatic carbocycles. The molecule has 1 N–H and O–H groups in total. The highest BCUT2D eigenvalue weighted by Crippen LogP contribution is 2.41. The summed E-state index contributed by atoms with van der Waals surface area (Å²) in [5.41, 5.74) is -2.49. The van der Waals surface area contributed by atoms with Gasteiger partial charge in [-0.1, -0.05) is 0 Å². The fraction of sp³-hybridized carbons (Fsp3) is 0.462. The van der Waals surface area contributed by atoms with E-state index in [-0.39, 0.29) is 5.75 Å². The van der Waals surface area contributed by atoms with E-state index in [2.05, 4.69) is 0 Å². The monoisotopic (exact) mass is 276 g/mol. The minimum atomic E-state index is -3.57. The molecule has 0 unspecified atom stereocenters. The molecule has 0 aromatic heterocycles. The second-order valence-electron chi connectivity index (χ2n) is 4.92. The van der Waals surface area contributed by atoms with Crippen LogP contribution in [0.3, 0.4) is 0 Å². The first-order valence-electron chi connectivity index (χ1n) is 5.55. The van der Waals surface area contributed by atoms with E-state index in [0.29, 0.717) is 0 Å². The first-order chi connectivity index (χ1) is 8.60. The Balaban J connectivity index is 3.10. The molecular formula is C13H15F3O3. The maximum atomic E-state index is 14.0. The molecule has 0 atom stereocenters. The number of halogens is 3. The zero-order chi connectivity index (χ0) is 14.8. The van der Waals surface area contributed by atoms with Crippen LogP contribution in [0.15, 0.2) is 18.2 Å². The van der Waals surface area contributed by atoms with Gasteiger partial charge in [0.1, 0.15) is 11.6 Å². The third kappa shape index (κ3) is 3.39. The molecule has 0 bridgehead atoms. The molecule has 0 radical (unpaired) electrons. The van der Waals surface area contributed by atoms with Gasteiger partial charge in [0.15, 0.2) is 0 Å². The molecule has 0 fully saturated rings. The van der Waals surface area contributed by atoms with Gasteiger partial charge in [-0.2, -0.15) is 0 Å². The van der Waals surface area contributed by atoms with Crippen molar-refractivity contribution in [2.75, 3.05) is 7.11 Å². The quantitative estimate of drug-likeness (QED) is 0.896. The Bertz CT molecular complexity index is 484. The van der Waals surface area contributed by atoms with Gasteiger partial charge in [0.25, 0.3) is 5.92 Å². The minimum Gasteiger partial charge on any atom is -0.497 e. The third-order valence-corrected chi connectivity index (χ3v) is 2.81. The van der Waals surface area contributed by atoms with Gasteiger partial charge in [0.2, 0.25) is 0 Å². The van der Waals surface area contributed by atoms with Crippen LogP contribution in [0.4, 0.5) is 13.2 Å². The van der Waals surface area contributed by atoms with E-state index in [1.165, 1.54) is 27.0 Å². The number of ether oxygens (including phenoxy) is 1. The van der Waals surface area contributed by atoms with Crippen molar-refractivity contribution >= 4 is 5.97 Å². The van der Waals surface area contributed by atoms with E-state index in [9.17, 15) is 18.0 Å². The number of carbonyl (C=O) groups is 1. The predicted molar refractivity (Wildman–Crippen MR) is 62.9 cm³/mol. The van der Waals surface area contributed by atoms with Crippen LogP contribution in [-0.2, 0) is 10.7 Å². The van der Waals surface area contributed by atoms with Crippen LogP contribution in [0.1, 0.15) is 25.8 Å². The van der Waals surface area contributed by atoms with Crippen LogP contribution in [0.2, 0.25) is 0 Å². The summed E-state index contributed by atoms with van der Waals surface area (Å²) >= 11 is 0. The summed E-state index contributed by atoms with van der Waals surface area (Å²) in [6.07, 6.45) is -0.988. The average molecular weight is 276 g/mol. The molecular weight excluding hydrogens is 261 g/mol. The van der Waals surface area contributed by atoms with Crippen molar-refractivity contribution < 1.29 is 27.8 Å². The number of rotatable bonds is 5. The number of hydrogen-bond donors (Lipinski definition) is 1. The first-order valence-corrected chi connectivity index (χ1v) is 5.55. The third-order valence-electron chi connectivity index (χ3n) is 2.81. The van der Waals surface area contributed by atoms with Crippen LogP contribution < -0.4 is 4.74 Å². The Hall–Kier alpha value is -1.72. The van der Waals surface area contributed by atoms with E-state index < -0.39 is 35.1 Å². The zero-order valence-corrected chi connectivity index (χ0v) is 10.8. The van der Waals surface area contributed by atoms with E-state index in [1.54, 1.807) is 0 Å². The number of carboxylic acids is 1. The van der Waals surface area contributed by atoms with Gasteiger partial charge in [-0.25, -0.2) is 13.2 Å². The van der Waals surface area contributed by atoms with Crippen molar-refractivity contribution in [3.8, 4) is 5.75 Å². The number of aliphatic carboxylic acids is 1. The molecule has 1 aromatic rings. The average Bonchev–Trinajstić information content (AvgIpc) is 2.26. The van der Waals surface area contributed by atoms with Gasteiger partial charge in [-0.05, 0) is 26.0 Å². The Morgan fingerprint density at radius 3 is 2.37 bits per heavy atom. The lowest BCUT2D eigenvalue weighted by molar-refractivity contribution is -0.153. The molecule has 19 heavy (non-hydrogen) atoms. The molecule has 1 rings (SSSR count). The molecule has 0 spiro atoms. The molecule has 106 valence electrons. The summed E-state index contributed by atoms with van der Waals surface area (Å²) in [5.74, 6) is -5.93. The second-order valence-corrected chi connectivity index (χ2v) is 4.92. The van der Waals surface area contributed by atoms with Crippen molar-refractivity contribution in [3.63, 3.8) is 0 Å². The summed E-state index contributed by atoms with van der Waals surface area (Å²) in [6.45, 7) is 2.34. The van der Waals surface area contributed by atoms with E-state index in [4.69, 9.17) is 9.84 Å². The molecule has 0 heterocycles. The molecule has 3 nitrogen and oxygen atoms in total. The summed E-state index contributed by atoms with van der Waals surface area (Å²) in [5, 5.41) is 8.86. The van der Waals surface area contributed by atoms with E-state index in [1.807, 2.05) is 0 Å². The molecule has 0 saturated carbocycles. The van der Waals surface area contributed by atoms with Crippen molar-refractivity contribution in [1.82, 2.24) is 0 Å². The van der Waals surface area contributed by atoms with Gasteiger partial charge in [0, 0.05) is 12.5 Å². The molecule has 0 aliphatic heterocycles. The summed E-state index contributed by atoms with van der Waals surface area (Å²) in [6, 6.07) is 2.96. The SMILES string of the molecule is COc1ccc(C(F)(F)CC(C)(C)C(=O)O)c(F)c1. The standard InChI is InChI=1S/C13H15F3O3/c1-12(2,11(17)18)7-13(15,16)9-5-4-8(19-3)6-10(9)14/h4-6H,7H2,1-3H3,(H,17,18). The Labute approximate surface area is 109 Å². The van der Waals surface area contributed by atoms with Crippen LogP contribution in [0.5, 0.6) is 5.75 Å². The van der Waals surface area contributed by atoms with Gasteiger partial charge >= 0.3 is 5.97 Å². The molecule has 0 saturated heterocycles. The Morgan fingerprint density at radius 1 is 1.37 bits per heavy atom. The topological polar surface area (TPSA) is 46.5 Å². The lowest BCUT2D eigenvalue weighted by Crippen LogP contribution is -2.31. The normalized spacial score (nSPS) is 12.3. The van der Waals surface area contributed by atoms with E-state index in [0.717, 1.165) is 12.1 Å². The van der Waals surface area contributed by atoms with Crippen LogP contribution >= 0.6 is 0 Å². The van der Waals surface area contributed by atoms with Gasteiger partial charge in [-0.3, -0.25) is 4.79 Å². The van der Waals surface area contributed by atoms with E-state index >= 15 is 0 Å². The molecule has 6 heteroatoms. The van der Waals surface area contributed by atoms with Gasteiger partial charge in [0.05, 0.1) is 18.1 Å². The maximum absolute atomic E-state index is 14.0. The number of methoxy groups -OCH3 is 1. The van der Waals surface area contributed by atoms with Gasteiger partial charge < -0.3 is 9.84 Å². The van der Waals surface area contributed by atoms with Crippen molar-refractivity contribution in [2.45, 2.75) is 26.2 Å². The zero-order valence-electron chi connectivity index (χ0n) is 10.8. The molecule has 1 aromatic carbocycles. The minimum absolute atomic E-state index is 0.120. The largest absolute Gasteiger partial charge is 0.497 e. The fourth-order valence-electron chi connectivity index (χ4n) is 1.65. The van der Waals surface area contributed by atoms with Crippen LogP contribution in [-0.4, -0.2) is 18.2 Å². The Kier molecular flexibility index (Phi) is 4.12. The number of alkyl halides is 2. The highest BCUT2D eigenvalue weighted by molar-refractivity contribution is 5.73. The first kappa shape index (κ1) is 15.3. The van der Waals surface area contributed by atoms with Gasteiger partial charge in [-0.15, -0.1) is 0 Å². The summed E-state index contributed by atoms with van der Waals surface area (Å²) in [7, 11) is 1.29. The van der Waals surface area contributed by atoms with Crippen molar-refractivity contribution in [2.24, 2.45) is 5.41 Å². The maximum Gasteiger partial charge on any atom is 0.309 e. The second kappa shape index (κ2) is 5.11. The summed E-state index contributed by atoms with van der Waals surface area (Å²) < 4.78 is 46.3. The number of carboxylic acid groups (broad SMARTS) is 1.